The summed E-state index contributed by atoms with van der Waals surface area (Å²) < 4.78 is 5.04. The number of rotatable bonds is 0. The third kappa shape index (κ3) is 0.909. The van der Waals surface area contributed by atoms with E-state index in [0.717, 1.165) is 16.7 Å². The van der Waals surface area contributed by atoms with Gasteiger partial charge in [-0.1, -0.05) is 6.07 Å². The fraction of sp³-hybridized carbons (Fsp3) is 0.222. The van der Waals surface area contributed by atoms with Crippen LogP contribution in [0.5, 0.6) is 0 Å². The van der Waals surface area contributed by atoms with E-state index in [1.807, 2.05) is 19.9 Å². The van der Waals surface area contributed by atoms with E-state index in [4.69, 9.17) is 4.42 Å². The minimum atomic E-state index is 0.822. The fourth-order valence-corrected chi connectivity index (χ4v) is 1.26. The van der Waals surface area contributed by atoms with Gasteiger partial charge in [0.25, 0.3) is 6.39 Å². The lowest BCUT2D eigenvalue weighted by atomic mass is 10.1. The molecule has 11 heavy (non-hydrogen) atoms. The first kappa shape index (κ1) is 6.40. The molecule has 0 atom stereocenters. The van der Waals surface area contributed by atoms with Gasteiger partial charge >= 0.3 is 0 Å². The van der Waals surface area contributed by atoms with Crippen molar-refractivity contribution in [3.8, 4) is 0 Å². The number of benzene rings is 1. The van der Waals surface area contributed by atoms with Crippen LogP contribution in [0.15, 0.2) is 16.5 Å². The maximum Gasteiger partial charge on any atom is 0.284 e. The standard InChI is InChI=1S/C9H8NO/c1-6-3-7(2)9-8(4-6)11-5-10-9/h3-4H,1-2H3. The third-order valence-electron chi connectivity index (χ3n) is 1.72. The zero-order chi connectivity index (χ0) is 7.84. The molecule has 2 nitrogen and oxygen atoms in total. The highest BCUT2D eigenvalue weighted by Gasteiger charge is 2.01. The zero-order valence-corrected chi connectivity index (χ0v) is 6.51. The molecule has 0 N–H and O–H groups in total. The van der Waals surface area contributed by atoms with Crippen LogP contribution >= 0.6 is 0 Å². The molecule has 1 aromatic carbocycles. The summed E-state index contributed by atoms with van der Waals surface area (Å²) in [6.07, 6.45) is 2.48. The second kappa shape index (κ2) is 2.09. The van der Waals surface area contributed by atoms with Crippen LogP contribution in [0, 0.1) is 20.2 Å². The van der Waals surface area contributed by atoms with Gasteiger partial charge in [-0.3, -0.25) is 0 Å². The van der Waals surface area contributed by atoms with Crippen LogP contribution in [0.3, 0.4) is 0 Å². The Hall–Kier alpha value is -1.31. The third-order valence-corrected chi connectivity index (χ3v) is 1.72. The molecule has 0 aliphatic rings. The number of hydrogen-bond acceptors (Lipinski definition) is 2. The van der Waals surface area contributed by atoms with Crippen molar-refractivity contribution in [3.05, 3.63) is 29.7 Å². The predicted octanol–water partition coefficient (Wildman–Crippen LogP) is 2.24. The molecule has 55 valence electrons. The molecule has 2 rings (SSSR count). The molecule has 1 radical (unpaired) electrons. The summed E-state index contributed by atoms with van der Waals surface area (Å²) in [5.41, 5.74) is 4.07. The van der Waals surface area contributed by atoms with E-state index >= 15 is 0 Å². The molecule has 0 saturated heterocycles. The largest absolute Gasteiger partial charge is 0.432 e. The fourth-order valence-electron chi connectivity index (χ4n) is 1.26. The quantitative estimate of drug-likeness (QED) is 0.569. The average molecular weight is 146 g/mol. The van der Waals surface area contributed by atoms with Crippen molar-refractivity contribution >= 4 is 11.1 Å². The molecule has 0 saturated carbocycles. The van der Waals surface area contributed by atoms with Crippen molar-refractivity contribution < 1.29 is 4.42 Å². The Balaban J connectivity index is 2.91. The van der Waals surface area contributed by atoms with Gasteiger partial charge in [0.1, 0.15) is 5.52 Å². The SMILES string of the molecule is Cc1cc(C)c2n[c]oc2c1. The molecule has 2 aromatic rings. The minimum absolute atomic E-state index is 0.822. The number of oxazole rings is 1. The second-order valence-corrected chi connectivity index (χ2v) is 2.73. The Labute approximate surface area is 64.9 Å². The van der Waals surface area contributed by atoms with E-state index in [1.54, 1.807) is 0 Å². The van der Waals surface area contributed by atoms with Gasteiger partial charge in [0.2, 0.25) is 0 Å². The van der Waals surface area contributed by atoms with Gasteiger partial charge < -0.3 is 4.42 Å². The van der Waals surface area contributed by atoms with Gasteiger partial charge in [-0.2, -0.15) is 0 Å². The molecular weight excluding hydrogens is 138 g/mol. The van der Waals surface area contributed by atoms with Crippen LogP contribution in [0.25, 0.3) is 11.1 Å². The second-order valence-electron chi connectivity index (χ2n) is 2.73. The van der Waals surface area contributed by atoms with Crippen LogP contribution in [0.4, 0.5) is 0 Å². The van der Waals surface area contributed by atoms with Crippen LogP contribution in [-0.4, -0.2) is 4.98 Å². The normalized spacial score (nSPS) is 10.7. The summed E-state index contributed by atoms with van der Waals surface area (Å²) in [7, 11) is 0. The molecule has 0 fully saturated rings. The van der Waals surface area contributed by atoms with E-state index in [-0.39, 0.29) is 0 Å². The highest BCUT2D eigenvalue weighted by atomic mass is 16.3. The summed E-state index contributed by atoms with van der Waals surface area (Å²) >= 11 is 0. The van der Waals surface area contributed by atoms with E-state index in [1.165, 1.54) is 5.56 Å². The first-order chi connectivity index (χ1) is 5.27. The summed E-state index contributed by atoms with van der Waals surface area (Å²) in [4.78, 5) is 3.97. The Morgan fingerprint density at radius 1 is 1.36 bits per heavy atom. The summed E-state index contributed by atoms with van der Waals surface area (Å²) in [5, 5.41) is 0. The average Bonchev–Trinajstić information content (AvgIpc) is 2.34. The monoisotopic (exact) mass is 146 g/mol. The first-order valence-electron chi connectivity index (χ1n) is 3.51. The molecular formula is C9H8NO. The Morgan fingerprint density at radius 3 is 3.00 bits per heavy atom. The molecule has 1 heterocycles. The van der Waals surface area contributed by atoms with Crippen LogP contribution in [0.1, 0.15) is 11.1 Å². The van der Waals surface area contributed by atoms with Crippen molar-refractivity contribution in [1.29, 1.82) is 0 Å². The lowest BCUT2D eigenvalue weighted by Gasteiger charge is -1.94. The highest BCUT2D eigenvalue weighted by Crippen LogP contribution is 2.17. The van der Waals surface area contributed by atoms with Crippen LogP contribution < -0.4 is 0 Å². The molecule has 0 bridgehead atoms. The molecule has 0 aliphatic heterocycles. The Kier molecular flexibility index (Phi) is 1.22. The van der Waals surface area contributed by atoms with Crippen molar-refractivity contribution in [2.75, 3.05) is 0 Å². The van der Waals surface area contributed by atoms with Crippen molar-refractivity contribution in [2.45, 2.75) is 13.8 Å². The van der Waals surface area contributed by atoms with Gasteiger partial charge in [0.15, 0.2) is 5.58 Å². The number of nitrogens with zero attached hydrogens (tertiary/aromatic N) is 1. The first-order valence-corrected chi connectivity index (χ1v) is 3.51. The highest BCUT2D eigenvalue weighted by molar-refractivity contribution is 5.76. The van der Waals surface area contributed by atoms with Gasteiger partial charge in [-0.05, 0) is 31.0 Å². The molecule has 0 unspecified atom stereocenters. The minimum Gasteiger partial charge on any atom is -0.432 e. The molecule has 0 aliphatic carbocycles. The smallest absolute Gasteiger partial charge is 0.284 e. The number of aromatic nitrogens is 1. The maximum atomic E-state index is 5.04. The summed E-state index contributed by atoms with van der Waals surface area (Å²) in [5.74, 6) is 0. The number of hydrogen-bond donors (Lipinski definition) is 0. The lowest BCUT2D eigenvalue weighted by Crippen LogP contribution is -1.78. The van der Waals surface area contributed by atoms with Gasteiger partial charge in [-0.25, -0.2) is 4.98 Å². The Bertz CT molecular complexity index is 389. The molecule has 0 amide bonds. The lowest BCUT2D eigenvalue weighted by molar-refractivity contribution is 0.591. The summed E-state index contributed by atoms with van der Waals surface area (Å²) in [6, 6.07) is 4.05. The zero-order valence-electron chi connectivity index (χ0n) is 6.51. The van der Waals surface area contributed by atoms with Gasteiger partial charge in [-0.15, -0.1) is 0 Å². The number of aryl methyl sites for hydroxylation is 2. The van der Waals surface area contributed by atoms with Gasteiger partial charge in [0.05, 0.1) is 0 Å². The van der Waals surface area contributed by atoms with E-state index in [9.17, 15) is 0 Å². The van der Waals surface area contributed by atoms with Crippen molar-refractivity contribution in [3.63, 3.8) is 0 Å². The van der Waals surface area contributed by atoms with Crippen molar-refractivity contribution in [2.24, 2.45) is 0 Å². The van der Waals surface area contributed by atoms with E-state index < -0.39 is 0 Å². The van der Waals surface area contributed by atoms with Gasteiger partial charge in [0, 0.05) is 0 Å². The maximum absolute atomic E-state index is 5.04. The van der Waals surface area contributed by atoms with Crippen LogP contribution in [-0.2, 0) is 0 Å². The molecule has 2 heteroatoms. The topological polar surface area (TPSA) is 26.0 Å². The Morgan fingerprint density at radius 2 is 2.18 bits per heavy atom. The summed E-state index contributed by atoms with van der Waals surface area (Å²) in [6.45, 7) is 4.06. The van der Waals surface area contributed by atoms with Crippen molar-refractivity contribution in [1.82, 2.24) is 4.98 Å². The predicted molar refractivity (Wildman–Crippen MR) is 42.3 cm³/mol. The molecule has 1 aromatic heterocycles. The van der Waals surface area contributed by atoms with Crippen LogP contribution in [0.2, 0.25) is 0 Å². The number of fused-ring (bicyclic) bond motifs is 1. The van der Waals surface area contributed by atoms with E-state index in [2.05, 4.69) is 17.4 Å². The van der Waals surface area contributed by atoms with E-state index in [0.29, 0.717) is 0 Å². The molecule has 0 spiro atoms.